The van der Waals surface area contributed by atoms with Gasteiger partial charge >= 0.3 is 0 Å². The lowest BCUT2D eigenvalue weighted by molar-refractivity contribution is 0.318. The summed E-state index contributed by atoms with van der Waals surface area (Å²) in [6.45, 7) is 7.15. The Morgan fingerprint density at radius 3 is 1.73 bits per heavy atom. The van der Waals surface area contributed by atoms with E-state index in [-0.39, 0.29) is 7.92 Å². The van der Waals surface area contributed by atoms with Crippen molar-refractivity contribution in [3.63, 3.8) is 0 Å². The zero-order valence-corrected chi connectivity index (χ0v) is 15.2. The lowest BCUT2D eigenvalue weighted by Gasteiger charge is -2.33. The third-order valence-electron chi connectivity index (χ3n) is 4.66. The first kappa shape index (κ1) is 17.2. The van der Waals surface area contributed by atoms with Crippen LogP contribution in [0.3, 0.4) is 0 Å². The fourth-order valence-electron chi connectivity index (χ4n) is 2.90. The van der Waals surface area contributed by atoms with Crippen molar-refractivity contribution < 1.29 is 0 Å². The topological polar surface area (TPSA) is 0 Å². The normalized spacial score (nSPS) is 14.0. The molecule has 0 radical (unpaired) electrons. The smallest absolute Gasteiger partial charge is 0.0191 e. The predicted molar refractivity (Wildman–Crippen MR) is 102 cm³/mol. The van der Waals surface area contributed by atoms with Crippen LogP contribution in [-0.4, -0.2) is 6.16 Å². The Morgan fingerprint density at radius 2 is 1.32 bits per heavy atom. The number of benzene rings is 2. The van der Waals surface area contributed by atoms with E-state index in [1.165, 1.54) is 42.5 Å². The number of unbranched alkanes of at least 4 members (excludes halogenated alkanes) is 1. The molecule has 2 aromatic carbocycles. The molecule has 0 bridgehead atoms. The lowest BCUT2D eigenvalue weighted by Crippen LogP contribution is -2.26. The maximum Gasteiger partial charge on any atom is -0.0191 e. The molecule has 22 heavy (non-hydrogen) atoms. The third kappa shape index (κ3) is 4.68. The zero-order valence-electron chi connectivity index (χ0n) is 14.3. The standard InChI is InChI=1S/C21H29P/c1-4-6-17-21(3,5-2)18-22(19-13-9-7-10-14-19)20-15-11-8-12-16-20/h7-16H,4-6,17-18H2,1-3H3. The predicted octanol–water partition coefficient (Wildman–Crippen LogP) is 5.73. The van der Waals surface area contributed by atoms with Gasteiger partial charge in [-0.25, -0.2) is 0 Å². The van der Waals surface area contributed by atoms with Crippen molar-refractivity contribution in [3.05, 3.63) is 60.7 Å². The Hall–Kier alpha value is -1.13. The summed E-state index contributed by atoms with van der Waals surface area (Å²) in [5, 5.41) is 3.03. The third-order valence-corrected chi connectivity index (χ3v) is 7.59. The second kappa shape index (κ2) is 8.49. The second-order valence-corrected chi connectivity index (χ2v) is 8.73. The minimum atomic E-state index is -0.261. The van der Waals surface area contributed by atoms with E-state index in [1.54, 1.807) is 0 Å². The molecule has 1 atom stereocenters. The van der Waals surface area contributed by atoms with Gasteiger partial charge in [-0.15, -0.1) is 0 Å². The minimum absolute atomic E-state index is 0.261. The van der Waals surface area contributed by atoms with Gasteiger partial charge in [-0.05, 0) is 36.5 Å². The highest BCUT2D eigenvalue weighted by Gasteiger charge is 2.27. The summed E-state index contributed by atoms with van der Waals surface area (Å²) in [5.41, 5.74) is 0.452. The quantitative estimate of drug-likeness (QED) is 0.546. The Morgan fingerprint density at radius 1 is 0.818 bits per heavy atom. The van der Waals surface area contributed by atoms with Gasteiger partial charge in [-0.1, -0.05) is 101 Å². The molecule has 0 aliphatic rings. The summed E-state index contributed by atoms with van der Waals surface area (Å²) in [6, 6.07) is 22.2. The fraction of sp³-hybridized carbons (Fsp3) is 0.429. The summed E-state index contributed by atoms with van der Waals surface area (Å²) < 4.78 is 0. The molecular weight excluding hydrogens is 283 g/mol. The molecule has 0 aliphatic heterocycles. The molecule has 118 valence electrons. The molecule has 0 aromatic heterocycles. The van der Waals surface area contributed by atoms with Crippen LogP contribution in [-0.2, 0) is 0 Å². The molecule has 0 spiro atoms. The van der Waals surface area contributed by atoms with Crippen molar-refractivity contribution in [2.75, 3.05) is 6.16 Å². The van der Waals surface area contributed by atoms with Crippen molar-refractivity contribution in [1.29, 1.82) is 0 Å². The highest BCUT2D eigenvalue weighted by Crippen LogP contribution is 2.44. The van der Waals surface area contributed by atoms with Crippen molar-refractivity contribution in [2.24, 2.45) is 5.41 Å². The first-order valence-electron chi connectivity index (χ1n) is 8.56. The van der Waals surface area contributed by atoms with Crippen LogP contribution in [0.25, 0.3) is 0 Å². The Bertz CT molecular complexity index is 495. The van der Waals surface area contributed by atoms with Gasteiger partial charge in [0.15, 0.2) is 0 Å². The SMILES string of the molecule is CCCCC(C)(CC)CP(c1ccccc1)c1ccccc1. The number of hydrogen-bond acceptors (Lipinski definition) is 0. The number of hydrogen-bond donors (Lipinski definition) is 0. The summed E-state index contributed by atoms with van der Waals surface area (Å²) in [4.78, 5) is 0. The monoisotopic (exact) mass is 312 g/mol. The molecule has 0 fully saturated rings. The van der Waals surface area contributed by atoms with E-state index in [4.69, 9.17) is 0 Å². The molecule has 0 amide bonds. The Labute approximate surface area is 137 Å². The molecule has 2 rings (SSSR count). The van der Waals surface area contributed by atoms with Crippen molar-refractivity contribution >= 4 is 18.5 Å². The van der Waals surface area contributed by atoms with Crippen LogP contribution >= 0.6 is 7.92 Å². The molecule has 0 saturated heterocycles. The van der Waals surface area contributed by atoms with Gasteiger partial charge in [-0.2, -0.15) is 0 Å². The largest absolute Gasteiger partial charge is 0.0654 e. The van der Waals surface area contributed by atoms with E-state index in [0.717, 1.165) is 0 Å². The van der Waals surface area contributed by atoms with Crippen LogP contribution in [0, 0.1) is 5.41 Å². The zero-order chi connectivity index (χ0) is 15.8. The molecule has 0 aliphatic carbocycles. The molecular formula is C21H29P. The second-order valence-electron chi connectivity index (χ2n) is 6.53. The molecule has 0 nitrogen and oxygen atoms in total. The van der Waals surface area contributed by atoms with Gasteiger partial charge in [-0.3, -0.25) is 0 Å². The van der Waals surface area contributed by atoms with Gasteiger partial charge in [0, 0.05) is 0 Å². The molecule has 0 heterocycles. The molecule has 0 saturated carbocycles. The first-order valence-corrected chi connectivity index (χ1v) is 10.1. The van der Waals surface area contributed by atoms with Crippen LogP contribution in [0.2, 0.25) is 0 Å². The van der Waals surface area contributed by atoms with Crippen LogP contribution < -0.4 is 10.6 Å². The summed E-state index contributed by atoms with van der Waals surface area (Å²) >= 11 is 0. The average molecular weight is 312 g/mol. The molecule has 1 unspecified atom stereocenters. The van der Waals surface area contributed by atoms with Gasteiger partial charge in [0.2, 0.25) is 0 Å². The highest BCUT2D eigenvalue weighted by molar-refractivity contribution is 7.73. The van der Waals surface area contributed by atoms with Crippen LogP contribution in [0.5, 0.6) is 0 Å². The number of rotatable bonds is 8. The van der Waals surface area contributed by atoms with Gasteiger partial charge in [0.25, 0.3) is 0 Å². The van der Waals surface area contributed by atoms with E-state index >= 15 is 0 Å². The van der Waals surface area contributed by atoms with Crippen molar-refractivity contribution in [2.45, 2.75) is 46.5 Å². The first-order chi connectivity index (χ1) is 10.7. The fourth-order valence-corrected chi connectivity index (χ4v) is 5.77. The van der Waals surface area contributed by atoms with Gasteiger partial charge in [0.05, 0.1) is 0 Å². The van der Waals surface area contributed by atoms with Crippen molar-refractivity contribution in [1.82, 2.24) is 0 Å². The van der Waals surface area contributed by atoms with E-state index in [9.17, 15) is 0 Å². The van der Waals surface area contributed by atoms with Crippen molar-refractivity contribution in [3.8, 4) is 0 Å². The molecule has 1 heteroatoms. The van der Waals surface area contributed by atoms with E-state index in [1.807, 2.05) is 0 Å². The van der Waals surface area contributed by atoms with E-state index in [2.05, 4.69) is 81.4 Å². The summed E-state index contributed by atoms with van der Waals surface area (Å²) in [5.74, 6) is 0. The van der Waals surface area contributed by atoms with Crippen LogP contribution in [0.15, 0.2) is 60.7 Å². The molecule has 2 aromatic rings. The van der Waals surface area contributed by atoms with Crippen LogP contribution in [0.4, 0.5) is 0 Å². The maximum absolute atomic E-state index is 2.49. The van der Waals surface area contributed by atoms with Gasteiger partial charge in [0.1, 0.15) is 0 Å². The minimum Gasteiger partial charge on any atom is -0.0654 e. The van der Waals surface area contributed by atoms with E-state index in [0.29, 0.717) is 5.41 Å². The average Bonchev–Trinajstić information content (AvgIpc) is 2.59. The molecule has 0 N–H and O–H groups in total. The van der Waals surface area contributed by atoms with E-state index < -0.39 is 0 Å². The summed E-state index contributed by atoms with van der Waals surface area (Å²) in [7, 11) is -0.261. The lowest BCUT2D eigenvalue weighted by atomic mass is 9.84. The maximum atomic E-state index is 2.49. The Balaban J connectivity index is 2.29. The van der Waals surface area contributed by atoms with Gasteiger partial charge < -0.3 is 0 Å². The Kier molecular flexibility index (Phi) is 6.65. The van der Waals surface area contributed by atoms with Crippen LogP contribution in [0.1, 0.15) is 46.5 Å². The highest BCUT2D eigenvalue weighted by atomic mass is 31.1. The summed E-state index contributed by atoms with van der Waals surface area (Å²) in [6.07, 6.45) is 6.55.